The summed E-state index contributed by atoms with van der Waals surface area (Å²) in [5.41, 5.74) is 0.0694. The fourth-order valence-electron chi connectivity index (χ4n) is 0.632. The first-order valence-corrected chi connectivity index (χ1v) is 3.06. The van der Waals surface area contributed by atoms with E-state index in [4.69, 9.17) is 4.42 Å². The Morgan fingerprint density at radius 2 is 2.55 bits per heavy atom. The summed E-state index contributed by atoms with van der Waals surface area (Å²) in [4.78, 5) is 9.67. The molecule has 0 fully saturated rings. The van der Waals surface area contributed by atoms with E-state index in [9.17, 15) is 10.1 Å². The standard InChI is InChI=1S/C7H7NO3/c1-6(8(9)10)5-7-3-2-4-11-7/h2-5H,1H3/b6-5+. The van der Waals surface area contributed by atoms with Gasteiger partial charge in [0, 0.05) is 6.92 Å². The zero-order chi connectivity index (χ0) is 8.27. The van der Waals surface area contributed by atoms with E-state index in [0.29, 0.717) is 5.76 Å². The van der Waals surface area contributed by atoms with Gasteiger partial charge in [-0.05, 0) is 12.1 Å². The van der Waals surface area contributed by atoms with Crippen LogP contribution < -0.4 is 0 Å². The van der Waals surface area contributed by atoms with Crippen LogP contribution in [0.4, 0.5) is 0 Å². The largest absolute Gasteiger partial charge is 0.465 e. The Morgan fingerprint density at radius 1 is 1.82 bits per heavy atom. The van der Waals surface area contributed by atoms with Gasteiger partial charge in [0.1, 0.15) is 5.76 Å². The van der Waals surface area contributed by atoms with Crippen molar-refractivity contribution >= 4 is 6.08 Å². The van der Waals surface area contributed by atoms with Gasteiger partial charge < -0.3 is 4.42 Å². The van der Waals surface area contributed by atoms with Crippen LogP contribution in [0.25, 0.3) is 6.08 Å². The Kier molecular flexibility index (Phi) is 2.06. The molecule has 0 aliphatic carbocycles. The molecular weight excluding hydrogens is 146 g/mol. The summed E-state index contributed by atoms with van der Waals surface area (Å²) in [5, 5.41) is 10.1. The molecule has 0 N–H and O–H groups in total. The molecule has 0 aliphatic rings. The molecule has 4 heteroatoms. The van der Waals surface area contributed by atoms with Gasteiger partial charge in [-0.3, -0.25) is 10.1 Å². The molecule has 0 unspecified atom stereocenters. The predicted molar refractivity (Wildman–Crippen MR) is 39.4 cm³/mol. The summed E-state index contributed by atoms with van der Waals surface area (Å²) in [6.07, 6.45) is 2.85. The van der Waals surface area contributed by atoms with E-state index >= 15 is 0 Å². The summed E-state index contributed by atoms with van der Waals surface area (Å²) >= 11 is 0. The SMILES string of the molecule is C/C(=C\c1ccco1)[N+](=O)[O-]. The van der Waals surface area contributed by atoms with Crippen molar-refractivity contribution in [1.82, 2.24) is 0 Å². The lowest BCUT2D eigenvalue weighted by atomic mass is 10.4. The number of furan rings is 1. The molecule has 58 valence electrons. The second kappa shape index (κ2) is 3.01. The number of nitro groups is 1. The maximum Gasteiger partial charge on any atom is 0.246 e. The Labute approximate surface area is 63.3 Å². The number of hydrogen-bond acceptors (Lipinski definition) is 3. The number of hydrogen-bond donors (Lipinski definition) is 0. The van der Waals surface area contributed by atoms with Crippen LogP contribution in [-0.2, 0) is 0 Å². The Bertz CT molecular complexity index is 274. The van der Waals surface area contributed by atoms with Crippen molar-refractivity contribution < 1.29 is 9.34 Å². The molecule has 11 heavy (non-hydrogen) atoms. The van der Waals surface area contributed by atoms with E-state index in [0.717, 1.165) is 0 Å². The van der Waals surface area contributed by atoms with Crippen LogP contribution >= 0.6 is 0 Å². The quantitative estimate of drug-likeness (QED) is 0.481. The minimum absolute atomic E-state index is 0.0694. The molecule has 0 atom stereocenters. The number of nitrogens with zero attached hydrogens (tertiary/aromatic N) is 1. The van der Waals surface area contributed by atoms with Gasteiger partial charge in [-0.2, -0.15) is 0 Å². The molecule has 1 heterocycles. The zero-order valence-electron chi connectivity index (χ0n) is 5.98. The van der Waals surface area contributed by atoms with Gasteiger partial charge in [0.05, 0.1) is 17.3 Å². The maximum absolute atomic E-state index is 10.1. The fraction of sp³-hybridized carbons (Fsp3) is 0.143. The van der Waals surface area contributed by atoms with Crippen LogP contribution in [0.15, 0.2) is 28.5 Å². The molecule has 0 aromatic carbocycles. The third-order valence-electron chi connectivity index (χ3n) is 1.18. The van der Waals surface area contributed by atoms with Crippen molar-refractivity contribution in [2.45, 2.75) is 6.92 Å². The molecule has 0 spiro atoms. The molecule has 1 aromatic rings. The smallest absolute Gasteiger partial charge is 0.246 e. The maximum atomic E-state index is 10.1. The van der Waals surface area contributed by atoms with Gasteiger partial charge in [-0.1, -0.05) is 0 Å². The van der Waals surface area contributed by atoms with E-state index < -0.39 is 4.92 Å². The van der Waals surface area contributed by atoms with Crippen molar-refractivity contribution in [2.24, 2.45) is 0 Å². The lowest BCUT2D eigenvalue weighted by Gasteiger charge is -1.86. The monoisotopic (exact) mass is 153 g/mol. The third kappa shape index (κ3) is 1.93. The molecule has 0 amide bonds. The summed E-state index contributed by atoms with van der Waals surface area (Å²) in [5.74, 6) is 0.499. The molecule has 0 radical (unpaired) electrons. The van der Waals surface area contributed by atoms with Crippen molar-refractivity contribution in [3.05, 3.63) is 40.0 Å². The van der Waals surface area contributed by atoms with Crippen LogP contribution in [0.2, 0.25) is 0 Å². The zero-order valence-corrected chi connectivity index (χ0v) is 5.98. The summed E-state index contributed by atoms with van der Waals surface area (Å²) in [6.45, 7) is 1.42. The molecule has 4 nitrogen and oxygen atoms in total. The fourth-order valence-corrected chi connectivity index (χ4v) is 0.632. The number of allylic oxidation sites excluding steroid dienone is 1. The van der Waals surface area contributed by atoms with Crippen LogP contribution in [0.5, 0.6) is 0 Å². The lowest BCUT2D eigenvalue weighted by molar-refractivity contribution is -0.422. The highest BCUT2D eigenvalue weighted by Crippen LogP contribution is 2.06. The minimum Gasteiger partial charge on any atom is -0.465 e. The topological polar surface area (TPSA) is 56.3 Å². The third-order valence-corrected chi connectivity index (χ3v) is 1.18. The highest BCUT2D eigenvalue weighted by Gasteiger charge is 2.02. The predicted octanol–water partition coefficient (Wildman–Crippen LogP) is 1.92. The molecule has 0 saturated carbocycles. The van der Waals surface area contributed by atoms with Gasteiger partial charge in [-0.25, -0.2) is 0 Å². The highest BCUT2D eigenvalue weighted by atomic mass is 16.6. The summed E-state index contributed by atoms with van der Waals surface area (Å²) in [7, 11) is 0. The Balaban J connectivity index is 2.82. The van der Waals surface area contributed by atoms with Crippen molar-refractivity contribution in [1.29, 1.82) is 0 Å². The van der Waals surface area contributed by atoms with Crippen LogP contribution in [0, 0.1) is 10.1 Å². The van der Waals surface area contributed by atoms with Gasteiger partial charge in [0.25, 0.3) is 0 Å². The molecule has 0 aliphatic heterocycles. The average molecular weight is 153 g/mol. The van der Waals surface area contributed by atoms with Crippen molar-refractivity contribution in [2.75, 3.05) is 0 Å². The molecule has 0 bridgehead atoms. The first kappa shape index (κ1) is 7.53. The van der Waals surface area contributed by atoms with Crippen LogP contribution in [0.3, 0.4) is 0 Å². The van der Waals surface area contributed by atoms with Gasteiger partial charge in [-0.15, -0.1) is 0 Å². The summed E-state index contributed by atoms with van der Waals surface area (Å²) < 4.78 is 4.87. The van der Waals surface area contributed by atoms with Crippen molar-refractivity contribution in [3.63, 3.8) is 0 Å². The van der Waals surface area contributed by atoms with E-state index in [1.165, 1.54) is 19.3 Å². The molecular formula is C7H7NO3. The summed E-state index contributed by atoms with van der Waals surface area (Å²) in [6, 6.07) is 3.34. The normalized spacial score (nSPS) is 11.5. The second-order valence-corrected chi connectivity index (χ2v) is 2.06. The molecule has 1 rings (SSSR count). The van der Waals surface area contributed by atoms with E-state index in [1.807, 2.05) is 0 Å². The molecule has 1 aromatic heterocycles. The van der Waals surface area contributed by atoms with Gasteiger partial charge in [0.15, 0.2) is 0 Å². The second-order valence-electron chi connectivity index (χ2n) is 2.06. The number of rotatable bonds is 2. The van der Waals surface area contributed by atoms with Crippen LogP contribution in [-0.4, -0.2) is 4.92 Å². The Morgan fingerprint density at radius 3 is 3.00 bits per heavy atom. The average Bonchev–Trinajstić information content (AvgIpc) is 2.39. The minimum atomic E-state index is -0.456. The lowest BCUT2D eigenvalue weighted by Crippen LogP contribution is -1.92. The first-order chi connectivity index (χ1) is 5.20. The first-order valence-electron chi connectivity index (χ1n) is 3.06. The molecule has 0 saturated heterocycles. The Hall–Kier alpha value is -1.58. The van der Waals surface area contributed by atoms with Crippen molar-refractivity contribution in [3.8, 4) is 0 Å². The van der Waals surface area contributed by atoms with Crippen LogP contribution in [0.1, 0.15) is 12.7 Å². The van der Waals surface area contributed by atoms with Gasteiger partial charge in [0.2, 0.25) is 5.70 Å². The van der Waals surface area contributed by atoms with E-state index in [1.54, 1.807) is 12.1 Å². The highest BCUT2D eigenvalue weighted by molar-refractivity contribution is 5.43. The van der Waals surface area contributed by atoms with E-state index in [-0.39, 0.29) is 5.70 Å². The van der Waals surface area contributed by atoms with E-state index in [2.05, 4.69) is 0 Å². The van der Waals surface area contributed by atoms with Gasteiger partial charge >= 0.3 is 0 Å².